The van der Waals surface area contributed by atoms with Crippen LogP contribution in [0.15, 0.2) is 48.5 Å². The first-order valence-electron chi connectivity index (χ1n) is 51.6. The Hall–Kier alpha value is -11.7. The maximum Gasteiger partial charge on any atom is 0.407 e. The van der Waals surface area contributed by atoms with Crippen molar-refractivity contribution in [1.82, 2.24) is 78.5 Å². The number of carbonyl (C=O) groups excluding carboxylic acids is 18. The highest BCUT2D eigenvalue weighted by Crippen LogP contribution is 2.67. The van der Waals surface area contributed by atoms with Gasteiger partial charge >= 0.3 is 36.4 Å². The van der Waals surface area contributed by atoms with Crippen molar-refractivity contribution < 1.29 is 101 Å². The number of rotatable bonds is 38. The first kappa shape index (κ1) is 111. The molecule has 39 heteroatoms. The number of nitrogens with zero attached hydrogens (tertiary/aromatic N) is 3. The number of nitrogens with two attached hydrogens (primary N) is 3. The summed E-state index contributed by atoms with van der Waals surface area (Å²) < 4.78 is 16.0. The second-order valence-corrected chi connectivity index (χ2v) is 48.6. The van der Waals surface area contributed by atoms with Crippen LogP contribution in [-0.4, -0.2) is 254 Å². The number of primary amides is 3. The number of ketones is 3. The quantitative estimate of drug-likeness (QED) is 0.0264. The normalized spacial score (nSPS) is 24.5. The van der Waals surface area contributed by atoms with Gasteiger partial charge in [-0.15, -0.1) is 0 Å². The highest BCUT2D eigenvalue weighted by molar-refractivity contribution is 6.39. The molecule has 0 aromatic heterocycles. The molecule has 18 atom stereocenters. The maximum atomic E-state index is 14.7. The van der Waals surface area contributed by atoms with Gasteiger partial charge in [0.2, 0.25) is 52.8 Å². The Kier molecular flexibility index (Phi) is 34.2. The van der Waals surface area contributed by atoms with Crippen molar-refractivity contribution >= 4 is 107 Å². The average molecular weight is 2010 g/mol. The molecule has 0 spiro atoms. The minimum Gasteiger partial charge on any atom is -0.447 e. The summed E-state index contributed by atoms with van der Waals surface area (Å²) in [6.45, 7) is 38.6. The van der Waals surface area contributed by atoms with Crippen molar-refractivity contribution in [2.75, 3.05) is 59.6 Å². The van der Waals surface area contributed by atoms with Crippen LogP contribution in [-0.2, 0) is 97.4 Å². The van der Waals surface area contributed by atoms with Gasteiger partial charge in [0, 0.05) is 39.8 Å². The number of benzene rings is 2. The predicted molar refractivity (Wildman–Crippen MR) is 532 cm³/mol. The van der Waals surface area contributed by atoms with Crippen molar-refractivity contribution in [3.63, 3.8) is 0 Å². The number of likely N-dealkylation sites (tertiary alicyclic amines) is 3. The molecular weight excluding hydrogens is 1850 g/mol. The molecule has 794 valence electrons. The van der Waals surface area contributed by atoms with Gasteiger partial charge in [0.1, 0.15) is 56.1 Å². The van der Waals surface area contributed by atoms with E-state index in [0.29, 0.717) is 83.6 Å². The fraction of sp³-hybridized carbons (Fsp3) is 0.714. The first-order chi connectivity index (χ1) is 67.3. The molecule has 3 aliphatic heterocycles. The number of ether oxygens (including phenoxy) is 3. The van der Waals surface area contributed by atoms with Crippen LogP contribution in [0.25, 0.3) is 0 Å². The smallest absolute Gasteiger partial charge is 0.407 e. The van der Waals surface area contributed by atoms with E-state index >= 15 is 0 Å². The molecule has 18 amide bonds. The summed E-state index contributed by atoms with van der Waals surface area (Å²) in [4.78, 5) is 241. The van der Waals surface area contributed by atoms with Crippen molar-refractivity contribution in [2.45, 2.75) is 307 Å². The van der Waals surface area contributed by atoms with E-state index in [2.05, 4.69) is 105 Å². The summed E-state index contributed by atoms with van der Waals surface area (Å²) in [6, 6.07) is 3.68. The molecule has 12 aliphatic rings. The van der Waals surface area contributed by atoms with Gasteiger partial charge in [-0.2, -0.15) is 0 Å². The van der Waals surface area contributed by atoms with Gasteiger partial charge in [0.15, 0.2) is 0 Å². The van der Waals surface area contributed by atoms with Crippen molar-refractivity contribution in [1.29, 1.82) is 0 Å². The van der Waals surface area contributed by atoms with Crippen LogP contribution in [0.4, 0.5) is 28.8 Å². The van der Waals surface area contributed by atoms with Gasteiger partial charge in [-0.1, -0.05) is 218 Å². The second-order valence-electron chi connectivity index (χ2n) is 48.6. The fourth-order valence-corrected chi connectivity index (χ4v) is 22.3. The SMILES string of the molecule is CC1(C)C2CN(C(=O)[C@@H](NC(=O)N[C@H](COC(=O)NCC3CC3)C(C)(C)C)C(C)(C)C)[C@H](C(=O)NC(CC3CCC3)C(=O)C(N)=O)C21.CCNC(=O)OCC(NC(=O)N[C@H](C(=O)N1CC2C([C@H]1C(=O)NC(CC1CC1)C(=O)C(N)=O)C2(C)C)C1Cc2ccccc2C1)C(C)(C)C.CNC(=O)OCC(NC(=O)N[C@H](C(=O)N1CC2C([C@H]1C(=O)NC(CC1CC1)C(=O)C(N)=O)C2(C)C)C1Cc2ccccc2C1)C(C)(C)C. The number of amides is 18. The third kappa shape index (κ3) is 27.0. The zero-order chi connectivity index (χ0) is 106. The molecule has 39 nitrogen and oxygen atoms in total. The Morgan fingerprint density at radius 3 is 0.938 bits per heavy atom. The van der Waals surface area contributed by atoms with Gasteiger partial charge in [-0.3, -0.25) is 57.5 Å². The van der Waals surface area contributed by atoms with Crippen molar-refractivity contribution in [2.24, 2.45) is 126 Å². The summed E-state index contributed by atoms with van der Waals surface area (Å²) >= 11 is 0. The molecule has 14 rings (SSSR count). The second kappa shape index (κ2) is 44.3. The molecule has 0 bridgehead atoms. The summed E-state index contributed by atoms with van der Waals surface area (Å²) in [5.41, 5.74) is 17.6. The number of fused-ring (bicyclic) bond motifs is 5. The Balaban J connectivity index is 0.000000193. The molecule has 10 fully saturated rings. The van der Waals surface area contributed by atoms with Crippen LogP contribution in [0.2, 0.25) is 0 Å². The van der Waals surface area contributed by atoms with Gasteiger partial charge in [-0.25, -0.2) is 28.8 Å². The molecular formula is C105H158N18O21. The molecule has 7 saturated carbocycles. The predicted octanol–water partition coefficient (Wildman–Crippen LogP) is 6.18. The van der Waals surface area contributed by atoms with Crippen molar-refractivity contribution in [3.05, 3.63) is 70.8 Å². The third-order valence-corrected chi connectivity index (χ3v) is 32.8. The zero-order valence-electron chi connectivity index (χ0n) is 87.6. The maximum absolute atomic E-state index is 14.7. The van der Waals surface area contributed by atoms with Crippen LogP contribution in [0, 0.1) is 109 Å². The molecule has 144 heavy (non-hydrogen) atoms. The Labute approximate surface area is 845 Å². The van der Waals surface area contributed by atoms with Crippen molar-refractivity contribution in [3.8, 4) is 0 Å². The number of hydrogen-bond donors (Lipinski definition) is 15. The van der Waals surface area contributed by atoms with Crippen LogP contribution < -0.4 is 81.0 Å². The Morgan fingerprint density at radius 1 is 0.375 bits per heavy atom. The lowest BCUT2D eigenvalue weighted by Crippen LogP contribution is -2.62. The van der Waals surface area contributed by atoms with E-state index in [1.807, 2.05) is 132 Å². The lowest BCUT2D eigenvalue weighted by molar-refractivity contribution is -0.145. The van der Waals surface area contributed by atoms with E-state index in [9.17, 15) is 86.3 Å². The number of alkyl carbamates (subject to hydrolysis) is 3. The number of urea groups is 3. The monoisotopic (exact) mass is 2010 g/mol. The van der Waals surface area contributed by atoms with E-state index in [1.54, 1.807) is 16.7 Å². The van der Waals surface area contributed by atoms with Gasteiger partial charge in [0.05, 0.1) is 36.3 Å². The topological polar surface area (TPSA) is 567 Å². The zero-order valence-corrected chi connectivity index (χ0v) is 87.6. The van der Waals surface area contributed by atoms with Crippen LogP contribution >= 0.6 is 0 Å². The third-order valence-electron chi connectivity index (χ3n) is 32.8. The number of Topliss-reactive ketones (excluding diaryl/α,β-unsaturated/α-hetero) is 3. The number of nitrogens with one attached hydrogen (secondary N) is 12. The largest absolute Gasteiger partial charge is 0.447 e. The average Bonchev–Trinajstić information content (AvgIpc) is 1.53. The summed E-state index contributed by atoms with van der Waals surface area (Å²) in [5.74, 6) is -8.02. The lowest BCUT2D eigenvalue weighted by Gasteiger charge is -2.39. The van der Waals surface area contributed by atoms with Crippen LogP contribution in [0.3, 0.4) is 0 Å². The minimum atomic E-state index is -1.10. The first-order valence-corrected chi connectivity index (χ1v) is 51.6. The van der Waals surface area contributed by atoms with E-state index in [-0.39, 0.29) is 113 Å². The molecule has 3 heterocycles. The van der Waals surface area contributed by atoms with E-state index in [0.717, 1.165) is 80.0 Å². The van der Waals surface area contributed by atoms with Crippen LogP contribution in [0.1, 0.15) is 231 Å². The van der Waals surface area contributed by atoms with Gasteiger partial charge in [0.25, 0.3) is 17.7 Å². The highest BCUT2D eigenvalue weighted by atomic mass is 16.6. The number of piperidine rings is 3. The molecule has 2 aromatic rings. The standard InChI is InChI=1S/C36H52N6O7.C35H50N6O7.C34H56N6O7/c1-7-38-34(48)49-18-25(35(2,3)4)40-33(47)41-27(22-15-20-10-8-9-11-21(20)16-22)32(46)42-17-23-26(36(23,5)6)28(42)31(45)39-24(14-19-12-13-19)29(43)30(37)44;1-34(2,3)24(17-48-33(47)37-6)39-32(46)40-26(21-14-19-9-7-8-10-20(19)15-21)31(45)41-16-22-25(35(22,4)5)27(41)30(44)38-23(13-18-11-12-18)28(42)29(36)43;1-32(2,3)22(17-47-31(46)36-15-19-12-13-19)38-30(45)39-26(33(4,5)6)29(44)40-16-20-23(34(20,7)8)24(40)28(43)37-21(25(41)27(35)42)14-18-10-9-11-18/h8-11,19,22-28H,7,12-18H2,1-6H3,(H2,37,44)(H,38,48)(H,39,45)(H2,40,41,47);7-10,18,21-27H,11-17H2,1-6H3,(H2,36,43)(H,37,47)(H,38,44)(H2,39,40,46);18-24,26H,9-17H2,1-8H3,(H2,35,42)(H,36,46)(H,37,43)(H2,38,39,45)/t23?,24?,25?,26?,27-,28-;22?,23?,24?,25?,26-,27-;20?,21?,22-,23?,24+,26-/m001/s1. The number of carbonyl (C=O) groups is 18. The summed E-state index contributed by atoms with van der Waals surface area (Å²) in [7, 11) is 1.45. The minimum absolute atomic E-state index is 0.0551. The summed E-state index contributed by atoms with van der Waals surface area (Å²) in [6.07, 6.45) is 10.2. The molecule has 3 saturated heterocycles. The summed E-state index contributed by atoms with van der Waals surface area (Å²) in [5, 5.41) is 33.6. The highest BCUT2D eigenvalue weighted by Gasteiger charge is 2.73. The lowest BCUT2D eigenvalue weighted by atomic mass is 9.80. The molecule has 18 N–H and O–H groups in total. The van der Waals surface area contributed by atoms with Gasteiger partial charge < -0.3 is 110 Å². The van der Waals surface area contributed by atoms with Crippen LogP contribution in [0.5, 0.6) is 0 Å². The van der Waals surface area contributed by atoms with E-state index in [1.165, 1.54) is 11.9 Å². The van der Waals surface area contributed by atoms with E-state index in [4.69, 9.17) is 31.4 Å². The molecule has 0 radical (unpaired) electrons. The fourth-order valence-electron chi connectivity index (χ4n) is 22.3. The van der Waals surface area contributed by atoms with E-state index < -0.39 is 189 Å². The van der Waals surface area contributed by atoms with Gasteiger partial charge in [-0.05, 0) is 196 Å². The Morgan fingerprint density at radius 2 is 0.667 bits per heavy atom. The number of hydrogen-bond acceptors (Lipinski definition) is 21. The molecule has 11 unspecified atom stereocenters. The Bertz CT molecular complexity index is 5140. The molecule has 2 aromatic carbocycles. The molecule has 9 aliphatic carbocycles.